The maximum atomic E-state index is 5.33. The van der Waals surface area contributed by atoms with Gasteiger partial charge in [0.1, 0.15) is 0 Å². The van der Waals surface area contributed by atoms with Gasteiger partial charge in [-0.05, 0) is 116 Å². The van der Waals surface area contributed by atoms with Crippen molar-refractivity contribution >= 4 is 63.0 Å². The smallest absolute Gasteiger partial charge is 0.160 e. The highest BCUT2D eigenvalue weighted by atomic mass is 32.1. The molecule has 0 radical (unpaired) electrons. The molecule has 0 fully saturated rings. The molecule has 18 rings (SSSR count). The molecule has 0 saturated heterocycles. The number of rotatable bonds is 8. The molecule has 382 valence electrons. The minimum atomic E-state index is 0.0486. The molecular weight excluding hydrogens is 1030 g/mol. The average Bonchev–Trinajstić information content (AvgIpc) is 2.37. The summed E-state index contributed by atoms with van der Waals surface area (Å²) in [4.78, 5) is 21.1. The van der Waals surface area contributed by atoms with E-state index in [1.807, 2.05) is 34.8 Å². The molecule has 4 aromatic heterocycles. The van der Waals surface area contributed by atoms with Gasteiger partial charge in [0.25, 0.3) is 0 Å². The van der Waals surface area contributed by atoms with Gasteiger partial charge in [-0.2, -0.15) is 0 Å². The molecular formula is C76H46N4S2. The highest BCUT2D eigenvalue weighted by molar-refractivity contribution is 7.26. The van der Waals surface area contributed by atoms with Crippen LogP contribution in [0.4, 0.5) is 0 Å². The Morgan fingerprint density at radius 2 is 0.537 bits per heavy atom. The highest BCUT2D eigenvalue weighted by Gasteiger charge is 2.41. The lowest BCUT2D eigenvalue weighted by Crippen LogP contribution is -2.27. The minimum Gasteiger partial charge on any atom is -0.228 e. The Morgan fingerprint density at radius 3 is 0.976 bits per heavy atom. The Labute approximate surface area is 482 Å². The SMILES string of the molecule is c1ccc(-c2nc(-c3ccc(-c4ccc5sc6ccccc6c5c4)cc3)cc(-c3ccc4c(c3)C3c5ccccc5C4c4cc(-c5cc(-c6ccc(-c7ccc8sc9ccccc9c8c7)cc6)nc(-c6ccccc6)n5)ccc43)n2)cc1. The number of hydrogen-bond donors (Lipinski definition) is 0. The van der Waals surface area contributed by atoms with Crippen LogP contribution >= 0.6 is 22.7 Å². The van der Waals surface area contributed by atoms with Crippen molar-refractivity contribution in [2.75, 3.05) is 0 Å². The van der Waals surface area contributed by atoms with Gasteiger partial charge >= 0.3 is 0 Å². The van der Waals surface area contributed by atoms with E-state index in [1.54, 1.807) is 0 Å². The molecule has 2 atom stereocenters. The molecule has 4 heterocycles. The Balaban J connectivity index is 0.730. The third kappa shape index (κ3) is 7.78. The predicted octanol–water partition coefficient (Wildman–Crippen LogP) is 20.3. The first-order valence-electron chi connectivity index (χ1n) is 27.9. The number of hydrogen-bond acceptors (Lipinski definition) is 6. The van der Waals surface area contributed by atoms with E-state index in [-0.39, 0.29) is 11.8 Å². The fourth-order valence-electron chi connectivity index (χ4n) is 12.9. The van der Waals surface area contributed by atoms with Gasteiger partial charge in [0.2, 0.25) is 0 Å². The van der Waals surface area contributed by atoms with Gasteiger partial charge in [0.15, 0.2) is 11.6 Å². The lowest BCUT2D eigenvalue weighted by atomic mass is 9.60. The summed E-state index contributed by atoms with van der Waals surface area (Å²) in [5.41, 5.74) is 22.6. The van der Waals surface area contributed by atoms with Crippen LogP contribution in [-0.4, -0.2) is 19.9 Å². The third-order valence-electron chi connectivity index (χ3n) is 16.9. The normalized spacial score (nSPS) is 14.1. The molecule has 0 N–H and O–H groups in total. The summed E-state index contributed by atoms with van der Waals surface area (Å²) < 4.78 is 5.25. The van der Waals surface area contributed by atoms with E-state index in [9.17, 15) is 0 Å². The van der Waals surface area contributed by atoms with Crippen molar-refractivity contribution in [1.82, 2.24) is 19.9 Å². The molecule has 82 heavy (non-hydrogen) atoms. The van der Waals surface area contributed by atoms with E-state index in [0.717, 1.165) is 56.2 Å². The number of fused-ring (bicyclic) bond motifs is 6. The summed E-state index contributed by atoms with van der Waals surface area (Å²) in [6, 6.07) is 97.0. The molecule has 6 heteroatoms. The van der Waals surface area contributed by atoms with Gasteiger partial charge in [-0.15, -0.1) is 22.7 Å². The molecule has 2 bridgehead atoms. The summed E-state index contributed by atoms with van der Waals surface area (Å²) in [5, 5.41) is 5.22. The van der Waals surface area contributed by atoms with Crippen LogP contribution in [0.5, 0.6) is 0 Å². The number of nitrogens with zero attached hydrogens (tertiary/aromatic N) is 4. The number of thiophene rings is 2. The second kappa shape index (κ2) is 18.8. The van der Waals surface area contributed by atoms with Crippen molar-refractivity contribution in [1.29, 1.82) is 0 Å². The average molecular weight is 1080 g/mol. The van der Waals surface area contributed by atoms with E-state index >= 15 is 0 Å². The maximum Gasteiger partial charge on any atom is 0.160 e. The molecule has 0 saturated carbocycles. The first-order valence-corrected chi connectivity index (χ1v) is 29.5. The monoisotopic (exact) mass is 1080 g/mol. The van der Waals surface area contributed by atoms with Gasteiger partial charge in [0, 0.05) is 85.6 Å². The van der Waals surface area contributed by atoms with Crippen molar-refractivity contribution in [2.24, 2.45) is 0 Å². The second-order valence-electron chi connectivity index (χ2n) is 21.6. The zero-order valence-corrected chi connectivity index (χ0v) is 45.8. The van der Waals surface area contributed by atoms with Gasteiger partial charge in [-0.25, -0.2) is 19.9 Å². The standard InChI is InChI=1S/C76H46N4S2/c1-3-13-49(14-4-1)75-77-65(47-27-23-45(24-28-47)51-33-37-71-61(39-51)55-17-9-11-21-69(55)81-71)43-67(79-75)53-31-35-59-63(41-53)73-57-19-7-8-20-58(57)74(59)64-42-54(32-36-60(64)73)68-44-66(78-76(80-68)50-15-5-2-6-16-50)48-29-25-46(26-30-48)52-34-38-72-62(40-52)56-18-10-12-22-70(56)82-72/h1-44,73-74H. The summed E-state index contributed by atoms with van der Waals surface area (Å²) in [6.07, 6.45) is 0. The van der Waals surface area contributed by atoms with E-state index in [0.29, 0.717) is 11.6 Å². The van der Waals surface area contributed by atoms with E-state index in [2.05, 4.69) is 255 Å². The predicted molar refractivity (Wildman–Crippen MR) is 342 cm³/mol. The Kier molecular flexibility index (Phi) is 10.8. The largest absolute Gasteiger partial charge is 0.228 e. The van der Waals surface area contributed by atoms with Crippen LogP contribution in [0.3, 0.4) is 0 Å². The van der Waals surface area contributed by atoms with E-state index in [1.165, 1.54) is 96.0 Å². The van der Waals surface area contributed by atoms with E-state index < -0.39 is 0 Å². The molecule has 4 nitrogen and oxygen atoms in total. The van der Waals surface area contributed by atoms with Gasteiger partial charge in [-0.3, -0.25) is 0 Å². The quantitative estimate of drug-likeness (QED) is 0.152. The Hall–Kier alpha value is -9.98. The Bertz CT molecular complexity index is 4720. The lowest BCUT2D eigenvalue weighted by molar-refractivity contribution is 0.755. The first-order chi connectivity index (χ1) is 40.6. The highest BCUT2D eigenvalue weighted by Crippen LogP contribution is 2.57. The van der Waals surface area contributed by atoms with Gasteiger partial charge < -0.3 is 0 Å². The van der Waals surface area contributed by atoms with Crippen molar-refractivity contribution in [3.63, 3.8) is 0 Å². The van der Waals surface area contributed by atoms with Crippen LogP contribution in [-0.2, 0) is 0 Å². The molecule has 0 amide bonds. The Morgan fingerprint density at radius 1 is 0.207 bits per heavy atom. The van der Waals surface area contributed by atoms with Crippen LogP contribution < -0.4 is 0 Å². The fraction of sp³-hybridized carbons (Fsp3) is 0.0263. The number of aromatic nitrogens is 4. The molecule has 11 aromatic carbocycles. The van der Waals surface area contributed by atoms with E-state index in [4.69, 9.17) is 19.9 Å². The second-order valence-corrected chi connectivity index (χ2v) is 23.8. The van der Waals surface area contributed by atoms with Gasteiger partial charge in [0.05, 0.1) is 22.8 Å². The van der Waals surface area contributed by atoms with Gasteiger partial charge in [-0.1, -0.05) is 206 Å². The summed E-state index contributed by atoms with van der Waals surface area (Å²) in [5.74, 6) is 1.51. The summed E-state index contributed by atoms with van der Waals surface area (Å²) >= 11 is 3.70. The zero-order chi connectivity index (χ0) is 53.8. The van der Waals surface area contributed by atoms with Crippen LogP contribution in [0.25, 0.3) is 130 Å². The minimum absolute atomic E-state index is 0.0486. The van der Waals surface area contributed by atoms with Crippen LogP contribution in [0, 0.1) is 0 Å². The maximum absolute atomic E-state index is 5.33. The molecule has 15 aromatic rings. The summed E-state index contributed by atoms with van der Waals surface area (Å²) in [7, 11) is 0. The molecule has 3 aliphatic rings. The molecule has 0 aliphatic heterocycles. The molecule has 3 aliphatic carbocycles. The third-order valence-corrected chi connectivity index (χ3v) is 19.2. The van der Waals surface area contributed by atoms with Crippen LogP contribution in [0.1, 0.15) is 45.2 Å². The van der Waals surface area contributed by atoms with Crippen molar-refractivity contribution in [3.05, 3.63) is 300 Å². The van der Waals surface area contributed by atoms with Crippen LogP contribution in [0.2, 0.25) is 0 Å². The topological polar surface area (TPSA) is 51.6 Å². The first kappa shape index (κ1) is 46.9. The lowest BCUT2D eigenvalue weighted by Gasteiger charge is -2.42. The molecule has 2 unspecified atom stereocenters. The zero-order valence-electron chi connectivity index (χ0n) is 44.2. The van der Waals surface area contributed by atoms with Crippen molar-refractivity contribution in [2.45, 2.75) is 11.8 Å². The van der Waals surface area contributed by atoms with Crippen molar-refractivity contribution in [3.8, 4) is 90.1 Å². The molecule has 0 spiro atoms. The van der Waals surface area contributed by atoms with Crippen LogP contribution in [0.15, 0.2) is 267 Å². The van der Waals surface area contributed by atoms with Crippen molar-refractivity contribution < 1.29 is 0 Å². The summed E-state index contributed by atoms with van der Waals surface area (Å²) in [6.45, 7) is 0. The fourth-order valence-corrected chi connectivity index (χ4v) is 15.1. The number of benzene rings is 11.